The van der Waals surface area contributed by atoms with E-state index in [-0.39, 0.29) is 18.3 Å². The number of para-hydroxylation sites is 1. The average molecular weight is 383 g/mol. The fourth-order valence-corrected chi connectivity index (χ4v) is 2.99. The van der Waals surface area contributed by atoms with E-state index in [1.54, 1.807) is 0 Å². The van der Waals surface area contributed by atoms with Crippen LogP contribution in [0.5, 0.6) is 5.75 Å². The number of amides is 1. The number of nitrogens with zero attached hydrogens (tertiary/aromatic N) is 2. The molecule has 2 aromatic carbocycles. The molecule has 0 fully saturated rings. The van der Waals surface area contributed by atoms with Gasteiger partial charge in [-0.15, -0.1) is 10.2 Å². The van der Waals surface area contributed by atoms with Gasteiger partial charge in [0.25, 0.3) is 11.1 Å². The molecule has 0 aliphatic carbocycles. The topological polar surface area (TPSA) is 77.2 Å². The van der Waals surface area contributed by atoms with Crippen LogP contribution in [0, 0.1) is 20.8 Å². The minimum absolute atomic E-state index is 0.121. The first-order chi connectivity index (χ1) is 13.0. The third-order valence-corrected chi connectivity index (χ3v) is 4.92. The van der Waals surface area contributed by atoms with Crippen LogP contribution in [-0.4, -0.2) is 21.9 Å². The number of carbonyl (C=O) groups is 1. The Morgan fingerprint density at radius 2 is 1.85 bits per heavy atom. The highest BCUT2D eigenvalue weighted by Gasteiger charge is 2.12. The number of anilines is 1. The Kier molecular flexibility index (Phi) is 6.13. The summed E-state index contributed by atoms with van der Waals surface area (Å²) in [5.41, 5.74) is 4.05. The van der Waals surface area contributed by atoms with Crippen molar-refractivity contribution in [2.75, 3.05) is 11.1 Å². The maximum atomic E-state index is 12.2. The summed E-state index contributed by atoms with van der Waals surface area (Å²) < 4.78 is 11.2. The Morgan fingerprint density at radius 1 is 1.07 bits per heavy atom. The molecule has 0 aliphatic rings. The number of ether oxygens (including phenoxy) is 1. The van der Waals surface area contributed by atoms with Crippen molar-refractivity contribution in [2.45, 2.75) is 32.6 Å². The number of hydrogen-bond acceptors (Lipinski definition) is 6. The van der Waals surface area contributed by atoms with Crippen molar-refractivity contribution < 1.29 is 13.9 Å². The number of benzene rings is 2. The highest BCUT2D eigenvalue weighted by Crippen LogP contribution is 2.21. The molecule has 0 saturated carbocycles. The fourth-order valence-electron chi connectivity index (χ4n) is 2.41. The molecule has 1 N–H and O–H groups in total. The first-order valence-electron chi connectivity index (χ1n) is 8.52. The van der Waals surface area contributed by atoms with Crippen molar-refractivity contribution in [3.05, 3.63) is 65.0 Å². The van der Waals surface area contributed by atoms with E-state index in [1.165, 1.54) is 11.8 Å². The predicted molar refractivity (Wildman–Crippen MR) is 105 cm³/mol. The van der Waals surface area contributed by atoms with E-state index in [1.807, 2.05) is 63.2 Å². The lowest BCUT2D eigenvalue weighted by Crippen LogP contribution is -2.15. The van der Waals surface area contributed by atoms with Gasteiger partial charge in [0.15, 0.2) is 6.61 Å². The van der Waals surface area contributed by atoms with Gasteiger partial charge in [-0.1, -0.05) is 42.1 Å². The van der Waals surface area contributed by atoms with Crippen molar-refractivity contribution in [3.63, 3.8) is 0 Å². The monoisotopic (exact) mass is 383 g/mol. The predicted octanol–water partition coefficient (Wildman–Crippen LogP) is 4.30. The molecule has 3 aromatic rings. The largest absolute Gasteiger partial charge is 0.484 e. The Labute approximate surface area is 162 Å². The molecule has 140 valence electrons. The van der Waals surface area contributed by atoms with Gasteiger partial charge in [0, 0.05) is 5.69 Å². The maximum absolute atomic E-state index is 12.2. The summed E-state index contributed by atoms with van der Waals surface area (Å²) in [6.07, 6.45) is 0. The number of aryl methyl sites for hydroxylation is 2. The van der Waals surface area contributed by atoms with Gasteiger partial charge in [0.1, 0.15) is 5.75 Å². The Balaban J connectivity index is 1.50. The Bertz CT molecular complexity index is 940. The SMILES string of the molecule is Cc1ccccc1OCc1nnc(SCC(=O)Nc2cccc(C)c2C)o1. The molecular weight excluding hydrogens is 362 g/mol. The molecule has 0 radical (unpaired) electrons. The summed E-state index contributed by atoms with van der Waals surface area (Å²) in [5.74, 6) is 1.21. The molecule has 0 saturated heterocycles. The van der Waals surface area contributed by atoms with Gasteiger partial charge in [0.05, 0.1) is 5.75 Å². The average Bonchev–Trinajstić information content (AvgIpc) is 3.11. The third-order valence-electron chi connectivity index (χ3n) is 4.10. The van der Waals surface area contributed by atoms with Crippen LogP contribution in [0.2, 0.25) is 0 Å². The molecule has 1 heterocycles. The lowest BCUT2D eigenvalue weighted by atomic mass is 10.1. The minimum atomic E-state index is -0.121. The van der Waals surface area contributed by atoms with E-state index in [0.29, 0.717) is 11.1 Å². The fraction of sp³-hybridized carbons (Fsp3) is 0.250. The van der Waals surface area contributed by atoms with Crippen molar-refractivity contribution >= 4 is 23.4 Å². The molecule has 0 spiro atoms. The number of thioether (sulfide) groups is 1. The van der Waals surface area contributed by atoms with E-state index in [0.717, 1.165) is 28.1 Å². The lowest BCUT2D eigenvalue weighted by Gasteiger charge is -2.09. The second-order valence-corrected chi connectivity index (χ2v) is 7.03. The molecule has 3 rings (SSSR count). The molecule has 6 nitrogen and oxygen atoms in total. The second kappa shape index (κ2) is 8.73. The normalized spacial score (nSPS) is 10.6. The Hall–Kier alpha value is -2.80. The zero-order valence-electron chi connectivity index (χ0n) is 15.5. The van der Waals surface area contributed by atoms with Crippen LogP contribution in [-0.2, 0) is 11.4 Å². The van der Waals surface area contributed by atoms with Crippen molar-refractivity contribution in [3.8, 4) is 5.75 Å². The first kappa shape index (κ1) is 19.0. The molecule has 1 aromatic heterocycles. The maximum Gasteiger partial charge on any atom is 0.277 e. The zero-order valence-corrected chi connectivity index (χ0v) is 16.3. The Morgan fingerprint density at radius 3 is 2.67 bits per heavy atom. The van der Waals surface area contributed by atoms with E-state index in [9.17, 15) is 4.79 Å². The highest BCUT2D eigenvalue weighted by atomic mass is 32.2. The van der Waals surface area contributed by atoms with E-state index in [4.69, 9.17) is 9.15 Å². The van der Waals surface area contributed by atoms with Crippen LogP contribution >= 0.6 is 11.8 Å². The smallest absolute Gasteiger partial charge is 0.277 e. The summed E-state index contributed by atoms with van der Waals surface area (Å²) in [5, 5.41) is 11.2. The minimum Gasteiger partial charge on any atom is -0.484 e. The van der Waals surface area contributed by atoms with Crippen LogP contribution in [0.25, 0.3) is 0 Å². The van der Waals surface area contributed by atoms with Gasteiger partial charge in [0.2, 0.25) is 5.91 Å². The van der Waals surface area contributed by atoms with Gasteiger partial charge >= 0.3 is 0 Å². The van der Waals surface area contributed by atoms with E-state index >= 15 is 0 Å². The molecular formula is C20H21N3O3S. The summed E-state index contributed by atoms with van der Waals surface area (Å²) >= 11 is 1.20. The number of hydrogen-bond donors (Lipinski definition) is 1. The molecule has 0 bridgehead atoms. The standard InChI is InChI=1S/C20H21N3O3S/c1-13-8-6-9-16(15(13)3)21-18(24)12-27-20-23-22-19(26-20)11-25-17-10-5-4-7-14(17)2/h4-10H,11-12H2,1-3H3,(H,21,24). The first-order valence-corrected chi connectivity index (χ1v) is 9.51. The van der Waals surface area contributed by atoms with Gasteiger partial charge in [-0.2, -0.15) is 0 Å². The third kappa shape index (κ3) is 5.10. The van der Waals surface area contributed by atoms with Crippen LogP contribution in [0.1, 0.15) is 22.6 Å². The summed E-state index contributed by atoms with van der Waals surface area (Å²) in [6, 6.07) is 13.5. The van der Waals surface area contributed by atoms with Crippen LogP contribution in [0.15, 0.2) is 52.1 Å². The van der Waals surface area contributed by atoms with Gasteiger partial charge in [-0.25, -0.2) is 0 Å². The van der Waals surface area contributed by atoms with Crippen LogP contribution in [0.4, 0.5) is 5.69 Å². The van der Waals surface area contributed by atoms with Crippen LogP contribution < -0.4 is 10.1 Å². The number of rotatable bonds is 7. The number of nitrogens with one attached hydrogen (secondary N) is 1. The summed E-state index contributed by atoms with van der Waals surface area (Å²) in [4.78, 5) is 12.2. The van der Waals surface area contributed by atoms with Crippen molar-refractivity contribution in [1.82, 2.24) is 10.2 Å². The molecule has 0 atom stereocenters. The van der Waals surface area contributed by atoms with Gasteiger partial charge in [-0.3, -0.25) is 4.79 Å². The van der Waals surface area contributed by atoms with Gasteiger partial charge in [-0.05, 0) is 49.6 Å². The van der Waals surface area contributed by atoms with E-state index in [2.05, 4.69) is 15.5 Å². The summed E-state index contributed by atoms with van der Waals surface area (Å²) in [6.45, 7) is 6.15. The van der Waals surface area contributed by atoms with Crippen LogP contribution in [0.3, 0.4) is 0 Å². The highest BCUT2D eigenvalue weighted by molar-refractivity contribution is 7.99. The zero-order chi connectivity index (χ0) is 19.2. The molecule has 27 heavy (non-hydrogen) atoms. The molecule has 1 amide bonds. The molecule has 0 unspecified atom stereocenters. The summed E-state index contributed by atoms with van der Waals surface area (Å²) in [7, 11) is 0. The number of aromatic nitrogens is 2. The van der Waals surface area contributed by atoms with E-state index < -0.39 is 0 Å². The second-order valence-electron chi connectivity index (χ2n) is 6.10. The molecule has 7 heteroatoms. The van der Waals surface area contributed by atoms with Crippen molar-refractivity contribution in [2.24, 2.45) is 0 Å². The quantitative estimate of drug-likeness (QED) is 0.613. The number of carbonyl (C=O) groups excluding carboxylic acids is 1. The lowest BCUT2D eigenvalue weighted by molar-refractivity contribution is -0.113. The molecule has 0 aliphatic heterocycles. The van der Waals surface area contributed by atoms with Gasteiger partial charge < -0.3 is 14.5 Å². The van der Waals surface area contributed by atoms with Crippen molar-refractivity contribution in [1.29, 1.82) is 0 Å².